The smallest absolute Gasteiger partial charge is 0.377 e. The van der Waals surface area contributed by atoms with E-state index in [-0.39, 0.29) is 11.2 Å². The van der Waals surface area contributed by atoms with Gasteiger partial charge in [0.1, 0.15) is 0 Å². The summed E-state index contributed by atoms with van der Waals surface area (Å²) in [6, 6.07) is 9.26. The number of ether oxygens (including phenoxy) is 1. The molecule has 0 aliphatic rings. The number of carbonyl (C=O) groups is 2. The van der Waals surface area contributed by atoms with Crippen molar-refractivity contribution in [1.29, 1.82) is 0 Å². The maximum atomic E-state index is 11.5. The molecule has 1 amide bonds. The normalized spacial score (nSPS) is 9.71. The van der Waals surface area contributed by atoms with Gasteiger partial charge in [0.15, 0.2) is 0 Å². The molecule has 0 fully saturated rings. The first-order valence-corrected chi connectivity index (χ1v) is 7.26. The summed E-state index contributed by atoms with van der Waals surface area (Å²) < 4.78 is 4.46. The monoisotopic (exact) mass is 271 g/mol. The molecule has 0 unspecified atom stereocenters. The molecule has 1 aromatic rings. The lowest BCUT2D eigenvalue weighted by Gasteiger charge is -2.03. The van der Waals surface area contributed by atoms with Crippen molar-refractivity contribution in [2.24, 2.45) is 0 Å². The molecule has 0 aliphatic heterocycles. The fourth-order valence-electron chi connectivity index (χ4n) is 1.00. The second-order valence-corrected chi connectivity index (χ2v) is 5.37. The molecule has 1 N–H and O–H groups in total. The number of benzene rings is 1. The van der Waals surface area contributed by atoms with Gasteiger partial charge >= 0.3 is 5.30 Å². The Kier molecular flexibility index (Phi) is 6.57. The highest BCUT2D eigenvalue weighted by molar-refractivity contribution is 8.82. The van der Waals surface area contributed by atoms with Crippen LogP contribution in [-0.2, 0) is 9.53 Å². The van der Waals surface area contributed by atoms with E-state index in [4.69, 9.17) is 0 Å². The van der Waals surface area contributed by atoms with Gasteiger partial charge in [-0.25, -0.2) is 4.79 Å². The Bertz CT molecular complexity index is 370. The predicted octanol–water partition coefficient (Wildman–Crippen LogP) is 3.16. The highest BCUT2D eigenvalue weighted by Gasteiger charge is 2.05. The molecular weight excluding hydrogens is 258 g/mol. The third-order valence-corrected chi connectivity index (χ3v) is 3.82. The molecule has 0 heterocycles. The van der Waals surface area contributed by atoms with Gasteiger partial charge < -0.3 is 10.1 Å². The van der Waals surface area contributed by atoms with Gasteiger partial charge in [0.2, 0.25) is 5.91 Å². The number of nitrogens with one attached hydrogen (secondary N) is 1. The Morgan fingerprint density at radius 2 is 2.00 bits per heavy atom. The molecule has 6 heteroatoms. The summed E-state index contributed by atoms with van der Waals surface area (Å²) in [6.07, 6.45) is 0.365. The van der Waals surface area contributed by atoms with E-state index in [2.05, 4.69) is 10.1 Å². The molecule has 1 aromatic carbocycles. The minimum Gasteiger partial charge on any atom is -0.460 e. The van der Waals surface area contributed by atoms with Gasteiger partial charge in [-0.05, 0) is 12.1 Å². The lowest BCUT2D eigenvalue weighted by atomic mass is 10.3. The van der Waals surface area contributed by atoms with Crippen LogP contribution < -0.4 is 5.32 Å². The van der Waals surface area contributed by atoms with E-state index >= 15 is 0 Å². The van der Waals surface area contributed by atoms with Crippen LogP contribution in [-0.4, -0.2) is 24.1 Å². The van der Waals surface area contributed by atoms with Crippen molar-refractivity contribution in [1.82, 2.24) is 0 Å². The molecule has 17 heavy (non-hydrogen) atoms. The van der Waals surface area contributed by atoms with Crippen molar-refractivity contribution in [2.75, 3.05) is 18.2 Å². The zero-order valence-electron chi connectivity index (χ0n) is 9.34. The van der Waals surface area contributed by atoms with E-state index in [1.165, 1.54) is 17.9 Å². The van der Waals surface area contributed by atoms with E-state index < -0.39 is 0 Å². The molecule has 0 spiro atoms. The summed E-state index contributed by atoms with van der Waals surface area (Å²) >= 11 is 0. The molecule has 0 radical (unpaired) electrons. The molecular formula is C11H13NO3S2. The zero-order chi connectivity index (χ0) is 12.5. The van der Waals surface area contributed by atoms with Crippen LogP contribution in [0.5, 0.6) is 0 Å². The average Bonchev–Trinajstić information content (AvgIpc) is 2.35. The van der Waals surface area contributed by atoms with Crippen LogP contribution >= 0.6 is 21.6 Å². The molecule has 0 saturated carbocycles. The highest BCUT2D eigenvalue weighted by Crippen LogP contribution is 2.23. The molecule has 4 nitrogen and oxygen atoms in total. The van der Waals surface area contributed by atoms with Crippen molar-refractivity contribution in [3.63, 3.8) is 0 Å². The van der Waals surface area contributed by atoms with Crippen molar-refractivity contribution in [2.45, 2.75) is 6.42 Å². The third kappa shape index (κ3) is 6.23. The number of anilines is 1. The molecule has 0 aliphatic carbocycles. The molecule has 0 atom stereocenters. The van der Waals surface area contributed by atoms with Crippen molar-refractivity contribution >= 4 is 38.5 Å². The van der Waals surface area contributed by atoms with Gasteiger partial charge in [-0.2, -0.15) is 0 Å². The topological polar surface area (TPSA) is 55.4 Å². The van der Waals surface area contributed by atoms with E-state index in [9.17, 15) is 9.59 Å². The minimum absolute atomic E-state index is 0.0610. The first-order valence-electron chi connectivity index (χ1n) is 4.94. The van der Waals surface area contributed by atoms with Crippen molar-refractivity contribution < 1.29 is 14.3 Å². The Labute approximate surface area is 108 Å². The summed E-state index contributed by atoms with van der Waals surface area (Å²) in [5.74, 6) is 0.507. The Hall–Kier alpha value is -1.14. The van der Waals surface area contributed by atoms with Crippen LogP contribution in [0.4, 0.5) is 10.5 Å². The third-order valence-electron chi connectivity index (χ3n) is 1.76. The summed E-state index contributed by atoms with van der Waals surface area (Å²) in [5.41, 5.74) is 0.781. The van der Waals surface area contributed by atoms with Gasteiger partial charge in [-0.3, -0.25) is 4.79 Å². The molecule has 1 rings (SSSR count). The van der Waals surface area contributed by atoms with Crippen LogP contribution in [0.15, 0.2) is 30.3 Å². The van der Waals surface area contributed by atoms with Gasteiger partial charge in [0.25, 0.3) is 0 Å². The van der Waals surface area contributed by atoms with Gasteiger partial charge in [-0.1, -0.05) is 29.0 Å². The highest BCUT2D eigenvalue weighted by atomic mass is 33.1. The average molecular weight is 271 g/mol. The number of methoxy groups -OCH3 is 1. The lowest BCUT2D eigenvalue weighted by molar-refractivity contribution is -0.115. The lowest BCUT2D eigenvalue weighted by Crippen LogP contribution is -2.11. The first kappa shape index (κ1) is 13.9. The molecule has 0 aromatic heterocycles. The summed E-state index contributed by atoms with van der Waals surface area (Å²) in [5, 5.41) is 2.42. The van der Waals surface area contributed by atoms with Gasteiger partial charge in [-0.15, -0.1) is 0 Å². The first-order chi connectivity index (χ1) is 8.22. The van der Waals surface area contributed by atoms with E-state index in [0.29, 0.717) is 12.2 Å². The summed E-state index contributed by atoms with van der Waals surface area (Å²) in [4.78, 5) is 22.2. The summed E-state index contributed by atoms with van der Waals surface area (Å²) in [7, 11) is 3.64. The van der Waals surface area contributed by atoms with Crippen LogP contribution in [0.1, 0.15) is 6.42 Å². The predicted molar refractivity (Wildman–Crippen MR) is 72.1 cm³/mol. The second-order valence-electron chi connectivity index (χ2n) is 3.02. The number of rotatable bonds is 5. The number of amides is 1. The van der Waals surface area contributed by atoms with Crippen LogP contribution in [0.25, 0.3) is 0 Å². The number of para-hydroxylation sites is 1. The van der Waals surface area contributed by atoms with Crippen molar-refractivity contribution in [3.05, 3.63) is 30.3 Å². The van der Waals surface area contributed by atoms with Crippen LogP contribution in [0, 0.1) is 0 Å². The standard InChI is InChI=1S/C11H13NO3S2/c1-15-11(14)17-16-8-7-10(13)12-9-5-3-2-4-6-9/h2-6H,7-8H2,1H3,(H,12,13). The fourth-order valence-corrected chi connectivity index (χ4v) is 2.51. The van der Waals surface area contributed by atoms with E-state index in [1.54, 1.807) is 0 Å². The number of carbonyl (C=O) groups excluding carboxylic acids is 2. The Morgan fingerprint density at radius 1 is 1.29 bits per heavy atom. The quantitative estimate of drug-likeness (QED) is 0.506. The maximum Gasteiger partial charge on any atom is 0.377 e. The number of hydrogen-bond acceptors (Lipinski definition) is 5. The second kappa shape index (κ2) is 8.03. The maximum absolute atomic E-state index is 11.5. The van der Waals surface area contributed by atoms with Crippen LogP contribution in [0.3, 0.4) is 0 Å². The van der Waals surface area contributed by atoms with Crippen molar-refractivity contribution in [3.8, 4) is 0 Å². The molecule has 92 valence electrons. The molecule has 0 bridgehead atoms. The van der Waals surface area contributed by atoms with Gasteiger partial charge in [0.05, 0.1) is 7.11 Å². The zero-order valence-corrected chi connectivity index (χ0v) is 11.0. The molecule has 0 saturated heterocycles. The van der Waals surface area contributed by atoms with E-state index in [0.717, 1.165) is 16.5 Å². The summed E-state index contributed by atoms with van der Waals surface area (Å²) in [6.45, 7) is 0. The van der Waals surface area contributed by atoms with Crippen LogP contribution in [0.2, 0.25) is 0 Å². The largest absolute Gasteiger partial charge is 0.460 e. The fraction of sp³-hybridized carbons (Fsp3) is 0.273. The number of hydrogen-bond donors (Lipinski definition) is 1. The SMILES string of the molecule is COC(=O)SSCCC(=O)Nc1ccccc1. The minimum atomic E-state index is -0.349. The van der Waals surface area contributed by atoms with Gasteiger partial charge in [0, 0.05) is 28.7 Å². The Balaban J connectivity index is 2.16. The Morgan fingerprint density at radius 3 is 2.65 bits per heavy atom. The van der Waals surface area contributed by atoms with E-state index in [1.807, 2.05) is 30.3 Å².